The summed E-state index contributed by atoms with van der Waals surface area (Å²) in [4.78, 5) is 27.5. The van der Waals surface area contributed by atoms with E-state index in [2.05, 4.69) is 0 Å². The predicted octanol–water partition coefficient (Wildman–Crippen LogP) is 2.42. The van der Waals surface area contributed by atoms with Crippen molar-refractivity contribution >= 4 is 11.7 Å². The molecule has 0 saturated carbocycles. The monoisotopic (exact) mass is 365 g/mol. The van der Waals surface area contributed by atoms with E-state index in [4.69, 9.17) is 18.9 Å². The molecule has 1 amide bonds. The number of amides is 1. The minimum atomic E-state index is -0.444. The van der Waals surface area contributed by atoms with Crippen LogP contribution in [0.4, 0.5) is 0 Å². The van der Waals surface area contributed by atoms with E-state index in [1.54, 1.807) is 11.0 Å². The van der Waals surface area contributed by atoms with Crippen LogP contribution in [0.15, 0.2) is 30.3 Å². The highest BCUT2D eigenvalue weighted by molar-refractivity contribution is 6.07. The highest BCUT2D eigenvalue weighted by atomic mass is 16.7. The van der Waals surface area contributed by atoms with Gasteiger partial charge in [-0.2, -0.15) is 0 Å². The fourth-order valence-electron chi connectivity index (χ4n) is 4.43. The van der Waals surface area contributed by atoms with Gasteiger partial charge in [0, 0.05) is 12.0 Å². The molecule has 0 aliphatic carbocycles. The lowest BCUT2D eigenvalue weighted by Gasteiger charge is -2.38. The van der Waals surface area contributed by atoms with Gasteiger partial charge in [-0.25, -0.2) is 0 Å². The second-order valence-electron chi connectivity index (χ2n) is 7.03. The Labute approximate surface area is 154 Å². The number of ketones is 1. The second kappa shape index (κ2) is 5.16. The highest BCUT2D eigenvalue weighted by Gasteiger charge is 2.47. The van der Waals surface area contributed by atoms with Crippen LogP contribution >= 0.6 is 0 Å². The molecule has 4 aliphatic rings. The van der Waals surface area contributed by atoms with Crippen molar-refractivity contribution in [3.8, 4) is 23.0 Å². The third-order valence-electron chi connectivity index (χ3n) is 5.65. The Kier molecular flexibility index (Phi) is 2.85. The SMILES string of the molecule is O=C1c2cc3c(cc2[C@@H](c2ccc4c(c2)OCO4)N2C(=O)CC[C@H]12)OCO3. The maximum Gasteiger partial charge on any atom is 0.231 e. The quantitative estimate of drug-likeness (QED) is 0.773. The molecule has 6 rings (SSSR count). The zero-order chi connectivity index (χ0) is 18.1. The molecule has 2 aromatic rings. The van der Waals surface area contributed by atoms with Crippen LogP contribution in [0.5, 0.6) is 23.0 Å². The summed E-state index contributed by atoms with van der Waals surface area (Å²) in [6, 6.07) is 8.41. The summed E-state index contributed by atoms with van der Waals surface area (Å²) in [5.41, 5.74) is 2.24. The summed E-state index contributed by atoms with van der Waals surface area (Å²) in [6.07, 6.45) is 0.908. The van der Waals surface area contributed by atoms with Gasteiger partial charge in [-0.15, -0.1) is 0 Å². The molecule has 4 aliphatic heterocycles. The molecule has 136 valence electrons. The Morgan fingerprint density at radius 2 is 1.56 bits per heavy atom. The smallest absolute Gasteiger partial charge is 0.231 e. The first-order valence-corrected chi connectivity index (χ1v) is 8.89. The van der Waals surface area contributed by atoms with Gasteiger partial charge >= 0.3 is 0 Å². The molecular weight excluding hydrogens is 350 g/mol. The second-order valence-corrected chi connectivity index (χ2v) is 7.03. The summed E-state index contributed by atoms with van der Waals surface area (Å²) < 4.78 is 21.9. The molecular formula is C20H15NO6. The lowest BCUT2D eigenvalue weighted by Crippen LogP contribution is -2.46. The Bertz CT molecular complexity index is 1020. The molecule has 27 heavy (non-hydrogen) atoms. The van der Waals surface area contributed by atoms with Crippen molar-refractivity contribution in [1.82, 2.24) is 4.90 Å². The summed E-state index contributed by atoms with van der Waals surface area (Å²) >= 11 is 0. The Balaban J connectivity index is 1.58. The normalized spacial score (nSPS) is 24.2. The molecule has 0 aromatic heterocycles. The topological polar surface area (TPSA) is 74.3 Å². The van der Waals surface area contributed by atoms with Crippen molar-refractivity contribution in [3.05, 3.63) is 47.0 Å². The molecule has 1 fully saturated rings. The first kappa shape index (κ1) is 14.9. The van der Waals surface area contributed by atoms with E-state index < -0.39 is 6.04 Å². The van der Waals surface area contributed by atoms with Crippen LogP contribution in [0.3, 0.4) is 0 Å². The standard InChI is InChI=1S/C20H15NO6/c22-18-4-2-13-20(23)12-7-17-16(26-9-27-17)6-11(12)19(21(13)18)10-1-3-14-15(5-10)25-8-24-14/h1,3,5-7,13,19H,2,4,8-9H2/t13-,19-/m1/s1. The van der Waals surface area contributed by atoms with Gasteiger partial charge < -0.3 is 23.8 Å². The lowest BCUT2D eigenvalue weighted by molar-refractivity contribution is -0.130. The van der Waals surface area contributed by atoms with Crippen LogP contribution in [-0.4, -0.2) is 36.2 Å². The zero-order valence-corrected chi connectivity index (χ0v) is 14.3. The number of fused-ring (bicyclic) bond motifs is 4. The van der Waals surface area contributed by atoms with Crippen molar-refractivity contribution in [2.24, 2.45) is 0 Å². The fraction of sp³-hybridized carbons (Fsp3) is 0.300. The number of benzene rings is 2. The van der Waals surface area contributed by atoms with Gasteiger partial charge in [-0.05, 0) is 41.8 Å². The van der Waals surface area contributed by atoms with Gasteiger partial charge in [0.25, 0.3) is 0 Å². The van der Waals surface area contributed by atoms with Crippen molar-refractivity contribution in [1.29, 1.82) is 0 Å². The van der Waals surface area contributed by atoms with Gasteiger partial charge in [0.2, 0.25) is 19.5 Å². The fourth-order valence-corrected chi connectivity index (χ4v) is 4.43. The predicted molar refractivity (Wildman–Crippen MR) is 91.2 cm³/mol. The third kappa shape index (κ3) is 1.96. The molecule has 0 spiro atoms. The average Bonchev–Trinajstić information content (AvgIpc) is 3.40. The first-order valence-electron chi connectivity index (χ1n) is 8.89. The summed E-state index contributed by atoms with van der Waals surface area (Å²) in [5, 5.41) is 0. The molecule has 7 heteroatoms. The summed E-state index contributed by atoms with van der Waals surface area (Å²) in [6.45, 7) is 0.315. The summed E-state index contributed by atoms with van der Waals surface area (Å²) in [7, 11) is 0. The molecule has 7 nitrogen and oxygen atoms in total. The van der Waals surface area contributed by atoms with Gasteiger partial charge in [-0.3, -0.25) is 9.59 Å². The Morgan fingerprint density at radius 1 is 0.852 bits per heavy atom. The van der Waals surface area contributed by atoms with Gasteiger partial charge in [0.15, 0.2) is 28.8 Å². The van der Waals surface area contributed by atoms with E-state index in [0.29, 0.717) is 41.4 Å². The van der Waals surface area contributed by atoms with E-state index >= 15 is 0 Å². The van der Waals surface area contributed by atoms with Crippen molar-refractivity contribution in [2.45, 2.75) is 24.9 Å². The highest BCUT2D eigenvalue weighted by Crippen LogP contribution is 2.48. The molecule has 4 heterocycles. The number of ether oxygens (including phenoxy) is 4. The molecule has 2 atom stereocenters. The van der Waals surface area contributed by atoms with E-state index in [-0.39, 0.29) is 31.3 Å². The van der Waals surface area contributed by atoms with Crippen molar-refractivity contribution < 1.29 is 28.5 Å². The van der Waals surface area contributed by atoms with Gasteiger partial charge in [0.1, 0.15) is 0 Å². The maximum atomic E-state index is 13.1. The molecule has 0 unspecified atom stereocenters. The van der Waals surface area contributed by atoms with Crippen molar-refractivity contribution in [2.75, 3.05) is 13.6 Å². The first-order chi connectivity index (χ1) is 13.2. The van der Waals surface area contributed by atoms with E-state index in [1.807, 2.05) is 24.3 Å². The molecule has 0 bridgehead atoms. The van der Waals surface area contributed by atoms with E-state index in [9.17, 15) is 9.59 Å². The average molecular weight is 365 g/mol. The number of carbonyl (C=O) groups is 2. The molecule has 2 aromatic carbocycles. The van der Waals surface area contributed by atoms with Crippen molar-refractivity contribution in [3.63, 3.8) is 0 Å². The number of carbonyl (C=O) groups excluding carboxylic acids is 2. The van der Waals surface area contributed by atoms with E-state index in [0.717, 1.165) is 11.1 Å². The van der Waals surface area contributed by atoms with Gasteiger partial charge in [-0.1, -0.05) is 6.07 Å². The van der Waals surface area contributed by atoms with Crippen LogP contribution in [0.25, 0.3) is 0 Å². The summed E-state index contributed by atoms with van der Waals surface area (Å²) in [5.74, 6) is 2.45. The Morgan fingerprint density at radius 3 is 2.37 bits per heavy atom. The minimum absolute atomic E-state index is 0.0145. The Hall–Kier alpha value is -3.22. The third-order valence-corrected chi connectivity index (χ3v) is 5.65. The van der Waals surface area contributed by atoms with Crippen LogP contribution in [0.1, 0.15) is 40.4 Å². The number of rotatable bonds is 1. The van der Waals surface area contributed by atoms with E-state index in [1.165, 1.54) is 0 Å². The molecule has 0 N–H and O–H groups in total. The number of nitrogens with zero attached hydrogens (tertiary/aromatic N) is 1. The minimum Gasteiger partial charge on any atom is -0.454 e. The van der Waals surface area contributed by atoms with Crippen LogP contribution in [0.2, 0.25) is 0 Å². The lowest BCUT2D eigenvalue weighted by atomic mass is 9.84. The number of hydrogen-bond donors (Lipinski definition) is 0. The number of Topliss-reactive ketones (excluding diaryl/α,β-unsaturated/α-hetero) is 1. The van der Waals surface area contributed by atoms with Gasteiger partial charge in [0.05, 0.1) is 12.1 Å². The molecule has 0 radical (unpaired) electrons. The zero-order valence-electron chi connectivity index (χ0n) is 14.3. The van der Waals surface area contributed by atoms with Crippen LogP contribution < -0.4 is 18.9 Å². The van der Waals surface area contributed by atoms with Crippen LogP contribution in [0, 0.1) is 0 Å². The number of hydrogen-bond acceptors (Lipinski definition) is 6. The largest absolute Gasteiger partial charge is 0.454 e. The maximum absolute atomic E-state index is 13.1. The molecule has 1 saturated heterocycles. The van der Waals surface area contributed by atoms with Crippen LogP contribution in [-0.2, 0) is 4.79 Å².